The predicted octanol–water partition coefficient (Wildman–Crippen LogP) is 5.86. The number of nitrogens with one attached hydrogen (secondary N) is 1. The molecule has 2 rings (SSSR count). The Morgan fingerprint density at radius 3 is 2.52 bits per heavy atom. The Kier molecular flexibility index (Phi) is 6.84. The van der Waals surface area contributed by atoms with Gasteiger partial charge in [0.2, 0.25) is 0 Å². The minimum Gasteiger partial charge on any atom is -0.313 e. The molecule has 1 atom stereocenters. The topological polar surface area (TPSA) is 12.0 Å². The second-order valence-electron chi connectivity index (χ2n) is 5.00. The van der Waals surface area contributed by atoms with E-state index in [1.54, 1.807) is 17.4 Å². The zero-order chi connectivity index (χ0) is 15.2. The first-order valence-electron chi connectivity index (χ1n) is 7.00. The van der Waals surface area contributed by atoms with Crippen molar-refractivity contribution in [2.45, 2.75) is 32.2 Å². The number of hydrogen-bond acceptors (Lipinski definition) is 2. The fourth-order valence-electron chi connectivity index (χ4n) is 2.22. The summed E-state index contributed by atoms with van der Waals surface area (Å²) in [4.78, 5) is 1.29. The van der Waals surface area contributed by atoms with E-state index >= 15 is 0 Å². The first-order valence-corrected chi connectivity index (χ1v) is 8.95. The second kappa shape index (κ2) is 8.40. The fourth-order valence-corrected chi connectivity index (χ4v) is 3.88. The SMILES string of the molecule is CCCNC(Cc1ccc(Cl)s1)Cc1ccc(Cl)cc1Cl. The standard InChI is InChI=1S/C16H18Cl3NS/c1-2-7-20-13(10-14-5-6-16(19)21-14)8-11-3-4-12(17)9-15(11)18/h3-6,9,13,20H,2,7-8,10H2,1H3. The summed E-state index contributed by atoms with van der Waals surface area (Å²) in [5.74, 6) is 0. The molecule has 0 spiro atoms. The van der Waals surface area contributed by atoms with Crippen molar-refractivity contribution in [3.8, 4) is 0 Å². The minimum atomic E-state index is 0.346. The summed E-state index contributed by atoms with van der Waals surface area (Å²) in [5.41, 5.74) is 1.12. The highest BCUT2D eigenvalue weighted by Gasteiger charge is 2.13. The fraction of sp³-hybridized carbons (Fsp3) is 0.375. The molecule has 1 aromatic heterocycles. The van der Waals surface area contributed by atoms with Gasteiger partial charge in [-0.15, -0.1) is 11.3 Å². The summed E-state index contributed by atoms with van der Waals surface area (Å²) in [6, 6.07) is 10.1. The van der Waals surface area contributed by atoms with E-state index in [2.05, 4.69) is 18.3 Å². The van der Waals surface area contributed by atoms with Crippen LogP contribution in [0.4, 0.5) is 0 Å². The van der Waals surface area contributed by atoms with E-state index in [0.717, 1.165) is 40.7 Å². The lowest BCUT2D eigenvalue weighted by molar-refractivity contribution is 0.507. The average Bonchev–Trinajstić information content (AvgIpc) is 2.84. The molecule has 114 valence electrons. The molecular weight excluding hydrogens is 345 g/mol. The Morgan fingerprint density at radius 1 is 1.10 bits per heavy atom. The lowest BCUT2D eigenvalue weighted by Crippen LogP contribution is -2.33. The van der Waals surface area contributed by atoms with Crippen molar-refractivity contribution in [2.75, 3.05) is 6.54 Å². The van der Waals surface area contributed by atoms with E-state index < -0.39 is 0 Å². The third-order valence-corrected chi connectivity index (χ3v) is 5.08. The van der Waals surface area contributed by atoms with E-state index in [0.29, 0.717) is 11.1 Å². The van der Waals surface area contributed by atoms with E-state index in [1.807, 2.05) is 18.2 Å². The van der Waals surface area contributed by atoms with Crippen LogP contribution < -0.4 is 5.32 Å². The van der Waals surface area contributed by atoms with Crippen LogP contribution in [-0.2, 0) is 12.8 Å². The van der Waals surface area contributed by atoms with Crippen molar-refractivity contribution in [3.63, 3.8) is 0 Å². The van der Waals surface area contributed by atoms with Crippen molar-refractivity contribution >= 4 is 46.1 Å². The number of hydrogen-bond donors (Lipinski definition) is 1. The van der Waals surface area contributed by atoms with Crippen LogP contribution in [0.15, 0.2) is 30.3 Å². The normalized spacial score (nSPS) is 12.6. The quantitative estimate of drug-likeness (QED) is 0.650. The van der Waals surface area contributed by atoms with Crippen LogP contribution in [0.3, 0.4) is 0 Å². The van der Waals surface area contributed by atoms with E-state index in [4.69, 9.17) is 34.8 Å². The van der Waals surface area contributed by atoms with Crippen LogP contribution in [-0.4, -0.2) is 12.6 Å². The summed E-state index contributed by atoms with van der Waals surface area (Å²) in [6.07, 6.45) is 2.94. The maximum Gasteiger partial charge on any atom is 0.0931 e. The van der Waals surface area contributed by atoms with Gasteiger partial charge in [0.1, 0.15) is 0 Å². The molecule has 0 saturated carbocycles. The van der Waals surface area contributed by atoms with Crippen molar-refractivity contribution in [1.29, 1.82) is 0 Å². The van der Waals surface area contributed by atoms with Crippen molar-refractivity contribution in [1.82, 2.24) is 5.32 Å². The van der Waals surface area contributed by atoms with Gasteiger partial charge in [-0.1, -0.05) is 47.8 Å². The molecule has 5 heteroatoms. The maximum atomic E-state index is 6.28. The monoisotopic (exact) mass is 361 g/mol. The predicted molar refractivity (Wildman–Crippen MR) is 95.3 cm³/mol. The highest BCUT2D eigenvalue weighted by Crippen LogP contribution is 2.25. The molecule has 0 radical (unpaired) electrons. The molecule has 0 bridgehead atoms. The summed E-state index contributed by atoms with van der Waals surface area (Å²) >= 11 is 19.9. The van der Waals surface area contributed by atoms with Crippen LogP contribution >= 0.6 is 46.1 Å². The second-order valence-corrected chi connectivity index (χ2v) is 7.64. The van der Waals surface area contributed by atoms with E-state index in [1.165, 1.54) is 4.88 Å². The number of thiophene rings is 1. The van der Waals surface area contributed by atoms with Gasteiger partial charge in [0.15, 0.2) is 0 Å². The molecule has 1 unspecified atom stereocenters. The average molecular weight is 363 g/mol. The molecule has 0 aliphatic rings. The Morgan fingerprint density at radius 2 is 1.90 bits per heavy atom. The van der Waals surface area contributed by atoms with Crippen LogP contribution in [0, 0.1) is 0 Å². The van der Waals surface area contributed by atoms with Crippen LogP contribution in [0.25, 0.3) is 0 Å². The molecule has 21 heavy (non-hydrogen) atoms. The Bertz CT molecular complexity index is 583. The lowest BCUT2D eigenvalue weighted by Gasteiger charge is -2.19. The van der Waals surface area contributed by atoms with Crippen molar-refractivity contribution in [3.05, 3.63) is 55.2 Å². The highest BCUT2D eigenvalue weighted by atomic mass is 35.5. The minimum absolute atomic E-state index is 0.346. The molecule has 1 aromatic carbocycles. The number of rotatable bonds is 7. The van der Waals surface area contributed by atoms with Gasteiger partial charge in [-0.05, 0) is 55.6 Å². The first kappa shape index (κ1) is 17.1. The molecule has 0 fully saturated rings. The largest absolute Gasteiger partial charge is 0.313 e. The third-order valence-electron chi connectivity index (χ3n) is 3.24. The molecule has 0 amide bonds. The molecule has 1 heterocycles. The maximum absolute atomic E-state index is 6.28. The molecular formula is C16H18Cl3NS. The van der Waals surface area contributed by atoms with Crippen LogP contribution in [0.2, 0.25) is 14.4 Å². The van der Waals surface area contributed by atoms with Crippen LogP contribution in [0.1, 0.15) is 23.8 Å². The molecule has 2 aromatic rings. The van der Waals surface area contributed by atoms with Gasteiger partial charge >= 0.3 is 0 Å². The zero-order valence-electron chi connectivity index (χ0n) is 11.8. The molecule has 1 N–H and O–H groups in total. The molecule has 0 aliphatic heterocycles. The van der Waals surface area contributed by atoms with Crippen molar-refractivity contribution < 1.29 is 0 Å². The van der Waals surface area contributed by atoms with Gasteiger partial charge in [0, 0.05) is 21.0 Å². The molecule has 0 aliphatic carbocycles. The van der Waals surface area contributed by atoms with Crippen molar-refractivity contribution in [2.24, 2.45) is 0 Å². The smallest absolute Gasteiger partial charge is 0.0931 e. The lowest BCUT2D eigenvalue weighted by atomic mass is 10.0. The van der Waals surface area contributed by atoms with E-state index in [-0.39, 0.29) is 0 Å². The number of halogens is 3. The van der Waals surface area contributed by atoms with Gasteiger partial charge in [-0.2, -0.15) is 0 Å². The van der Waals surface area contributed by atoms with E-state index in [9.17, 15) is 0 Å². The third kappa shape index (κ3) is 5.46. The van der Waals surface area contributed by atoms with Crippen LogP contribution in [0.5, 0.6) is 0 Å². The number of benzene rings is 1. The summed E-state index contributed by atoms with van der Waals surface area (Å²) in [7, 11) is 0. The van der Waals surface area contributed by atoms with Gasteiger partial charge in [0.25, 0.3) is 0 Å². The summed E-state index contributed by atoms with van der Waals surface area (Å²) in [5, 5.41) is 4.99. The van der Waals surface area contributed by atoms with Gasteiger partial charge in [-0.25, -0.2) is 0 Å². The summed E-state index contributed by atoms with van der Waals surface area (Å²) < 4.78 is 0.837. The Balaban J connectivity index is 2.08. The first-order chi connectivity index (χ1) is 10.1. The zero-order valence-corrected chi connectivity index (χ0v) is 14.9. The summed E-state index contributed by atoms with van der Waals surface area (Å²) in [6.45, 7) is 3.16. The van der Waals surface area contributed by atoms with Gasteiger partial charge in [-0.3, -0.25) is 0 Å². The highest BCUT2D eigenvalue weighted by molar-refractivity contribution is 7.16. The van der Waals surface area contributed by atoms with Gasteiger partial charge in [0.05, 0.1) is 4.34 Å². The Labute approximate surface area is 145 Å². The Hall–Kier alpha value is -0.250. The molecule has 1 nitrogen and oxygen atoms in total. The van der Waals surface area contributed by atoms with Gasteiger partial charge < -0.3 is 5.32 Å². The molecule has 0 saturated heterocycles.